The molecule has 1 unspecified atom stereocenters. The Hall–Kier alpha value is -3.31. The third kappa shape index (κ3) is 5.10. The van der Waals surface area contributed by atoms with Gasteiger partial charge < -0.3 is 10.5 Å². The Kier molecular flexibility index (Phi) is 6.94. The number of carbonyl (C=O) groups excluding carboxylic acids is 1. The third-order valence-corrected chi connectivity index (χ3v) is 7.78. The van der Waals surface area contributed by atoms with Gasteiger partial charge in [-0.2, -0.15) is 0 Å². The molecule has 1 aromatic heterocycles. The SMILES string of the molecule is COc1ccc(C(c2nnnn2CS(=O)(=O)c2ccc(C)cc2)N2CCC(C(N)=O)CC2)cc1. The number of ether oxygens (including phenoxy) is 1. The third-order valence-electron chi connectivity index (χ3n) is 6.21. The van der Waals surface area contributed by atoms with Gasteiger partial charge in [-0.05, 0) is 73.1 Å². The number of aryl methyl sites for hydroxylation is 1. The molecule has 0 spiro atoms. The molecule has 1 saturated heterocycles. The Bertz CT molecular complexity index is 1230. The van der Waals surface area contributed by atoms with E-state index < -0.39 is 15.9 Å². The van der Waals surface area contributed by atoms with E-state index in [1.807, 2.05) is 31.2 Å². The molecule has 3 aromatic rings. The fourth-order valence-electron chi connectivity index (χ4n) is 4.23. The van der Waals surface area contributed by atoms with E-state index in [1.54, 1.807) is 31.4 Å². The number of amides is 1. The molecule has 1 atom stereocenters. The van der Waals surface area contributed by atoms with Crippen molar-refractivity contribution in [2.45, 2.75) is 36.6 Å². The van der Waals surface area contributed by atoms with Crippen molar-refractivity contribution in [1.29, 1.82) is 0 Å². The number of primary amides is 1. The predicted molar refractivity (Wildman–Crippen MR) is 125 cm³/mol. The molecular weight excluding hydrogens is 456 g/mol. The highest BCUT2D eigenvalue weighted by atomic mass is 32.2. The standard InChI is InChI=1S/C23H28N6O4S/c1-16-3-9-20(10-4-16)34(31,32)15-29-23(25-26-27-29)21(17-5-7-19(33-2)8-6-17)28-13-11-18(12-14-28)22(24)30/h3-10,18,21H,11-15H2,1-2H3,(H2,24,30). The molecule has 2 aromatic carbocycles. The first-order chi connectivity index (χ1) is 16.3. The summed E-state index contributed by atoms with van der Waals surface area (Å²) in [6.07, 6.45) is 1.23. The molecule has 11 heteroatoms. The number of nitrogens with two attached hydrogens (primary N) is 1. The number of methoxy groups -OCH3 is 1. The van der Waals surface area contributed by atoms with Gasteiger partial charge in [-0.1, -0.05) is 29.8 Å². The minimum absolute atomic E-state index is 0.175. The molecule has 0 aliphatic carbocycles. The van der Waals surface area contributed by atoms with Crippen LogP contribution in [0.3, 0.4) is 0 Å². The Morgan fingerprint density at radius 3 is 2.35 bits per heavy atom. The van der Waals surface area contributed by atoms with Crippen molar-refractivity contribution in [2.75, 3.05) is 20.2 Å². The Labute approximate surface area is 198 Å². The van der Waals surface area contributed by atoms with Crippen molar-refractivity contribution in [3.63, 3.8) is 0 Å². The molecule has 4 rings (SSSR count). The van der Waals surface area contributed by atoms with Gasteiger partial charge in [0.15, 0.2) is 21.5 Å². The van der Waals surface area contributed by atoms with Crippen LogP contribution in [-0.4, -0.2) is 59.6 Å². The fraction of sp³-hybridized carbons (Fsp3) is 0.391. The number of nitrogens with zero attached hydrogens (tertiary/aromatic N) is 5. The summed E-state index contributed by atoms with van der Waals surface area (Å²) in [6.45, 7) is 3.10. The summed E-state index contributed by atoms with van der Waals surface area (Å²) in [6, 6.07) is 13.8. The lowest BCUT2D eigenvalue weighted by atomic mass is 9.93. The molecule has 10 nitrogen and oxygen atoms in total. The highest BCUT2D eigenvalue weighted by molar-refractivity contribution is 7.90. The Morgan fingerprint density at radius 2 is 1.76 bits per heavy atom. The normalized spacial score (nSPS) is 16.3. The number of carbonyl (C=O) groups is 1. The van der Waals surface area contributed by atoms with Crippen molar-refractivity contribution < 1.29 is 17.9 Å². The van der Waals surface area contributed by atoms with Crippen molar-refractivity contribution in [2.24, 2.45) is 11.7 Å². The first-order valence-corrected chi connectivity index (χ1v) is 12.7. The predicted octanol–water partition coefficient (Wildman–Crippen LogP) is 1.71. The first-order valence-electron chi connectivity index (χ1n) is 11.0. The average molecular weight is 485 g/mol. The summed E-state index contributed by atoms with van der Waals surface area (Å²) in [5.41, 5.74) is 7.37. The zero-order chi connectivity index (χ0) is 24.3. The van der Waals surface area contributed by atoms with Crippen LogP contribution in [0, 0.1) is 12.8 Å². The van der Waals surface area contributed by atoms with Crippen LogP contribution in [0.25, 0.3) is 0 Å². The van der Waals surface area contributed by atoms with Crippen LogP contribution < -0.4 is 10.5 Å². The van der Waals surface area contributed by atoms with Gasteiger partial charge in [0.05, 0.1) is 18.0 Å². The van der Waals surface area contributed by atoms with Gasteiger partial charge in [-0.25, -0.2) is 13.1 Å². The van der Waals surface area contributed by atoms with Gasteiger partial charge in [0, 0.05) is 5.92 Å². The lowest BCUT2D eigenvalue weighted by molar-refractivity contribution is -0.123. The smallest absolute Gasteiger partial charge is 0.220 e. The molecule has 0 saturated carbocycles. The zero-order valence-corrected chi connectivity index (χ0v) is 20.0. The van der Waals surface area contributed by atoms with Gasteiger partial charge in [0.25, 0.3) is 0 Å². The van der Waals surface area contributed by atoms with E-state index in [-0.39, 0.29) is 22.6 Å². The maximum absolute atomic E-state index is 13.1. The van der Waals surface area contributed by atoms with E-state index in [1.165, 1.54) is 4.68 Å². The first kappa shape index (κ1) is 23.8. The summed E-state index contributed by atoms with van der Waals surface area (Å²) in [4.78, 5) is 14.0. The summed E-state index contributed by atoms with van der Waals surface area (Å²) in [7, 11) is -2.08. The summed E-state index contributed by atoms with van der Waals surface area (Å²) in [5.74, 6) is 0.262. The van der Waals surface area contributed by atoms with E-state index >= 15 is 0 Å². The van der Waals surface area contributed by atoms with Gasteiger partial charge in [-0.15, -0.1) is 5.10 Å². The maximum atomic E-state index is 13.1. The maximum Gasteiger partial charge on any atom is 0.220 e. The molecular formula is C23H28N6O4S. The Balaban J connectivity index is 1.68. The molecule has 1 aliphatic heterocycles. The lowest BCUT2D eigenvalue weighted by Crippen LogP contribution is -2.41. The minimum atomic E-state index is -3.68. The number of tetrazole rings is 1. The highest BCUT2D eigenvalue weighted by Gasteiger charge is 2.33. The fourth-order valence-corrected chi connectivity index (χ4v) is 5.44. The molecule has 2 N–H and O–H groups in total. The molecule has 34 heavy (non-hydrogen) atoms. The number of hydrogen-bond donors (Lipinski definition) is 1. The molecule has 0 bridgehead atoms. The second kappa shape index (κ2) is 9.90. The average Bonchev–Trinajstić information content (AvgIpc) is 3.27. The van der Waals surface area contributed by atoms with E-state index in [9.17, 15) is 13.2 Å². The van der Waals surface area contributed by atoms with Crippen LogP contribution in [0.5, 0.6) is 5.75 Å². The van der Waals surface area contributed by atoms with Crippen LogP contribution in [-0.2, 0) is 20.5 Å². The summed E-state index contributed by atoms with van der Waals surface area (Å²) >= 11 is 0. The van der Waals surface area contributed by atoms with Crippen LogP contribution in [0.15, 0.2) is 53.4 Å². The Morgan fingerprint density at radius 1 is 1.12 bits per heavy atom. The molecule has 2 heterocycles. The summed E-state index contributed by atoms with van der Waals surface area (Å²) in [5, 5.41) is 12.0. The lowest BCUT2D eigenvalue weighted by Gasteiger charge is -2.36. The van der Waals surface area contributed by atoms with Gasteiger partial charge in [-0.3, -0.25) is 9.69 Å². The number of piperidine rings is 1. The minimum Gasteiger partial charge on any atom is -0.497 e. The quantitative estimate of drug-likeness (QED) is 0.511. The number of benzene rings is 2. The van der Waals surface area contributed by atoms with E-state index in [0.29, 0.717) is 37.5 Å². The monoisotopic (exact) mass is 484 g/mol. The number of hydrogen-bond acceptors (Lipinski definition) is 8. The van der Waals surface area contributed by atoms with E-state index in [4.69, 9.17) is 10.5 Å². The summed E-state index contributed by atoms with van der Waals surface area (Å²) < 4.78 is 32.8. The van der Waals surface area contributed by atoms with Crippen LogP contribution in [0.2, 0.25) is 0 Å². The van der Waals surface area contributed by atoms with Gasteiger partial charge in [0.1, 0.15) is 5.75 Å². The van der Waals surface area contributed by atoms with Crippen LogP contribution in [0.1, 0.15) is 35.8 Å². The van der Waals surface area contributed by atoms with Crippen molar-refractivity contribution in [3.05, 3.63) is 65.5 Å². The van der Waals surface area contributed by atoms with Crippen molar-refractivity contribution in [1.82, 2.24) is 25.1 Å². The van der Waals surface area contributed by atoms with Crippen LogP contribution >= 0.6 is 0 Å². The highest BCUT2D eigenvalue weighted by Crippen LogP contribution is 2.32. The second-order valence-corrected chi connectivity index (χ2v) is 10.4. The number of sulfone groups is 1. The van der Waals surface area contributed by atoms with Crippen molar-refractivity contribution >= 4 is 15.7 Å². The second-order valence-electron chi connectivity index (χ2n) is 8.48. The zero-order valence-electron chi connectivity index (χ0n) is 19.2. The molecule has 180 valence electrons. The van der Waals surface area contributed by atoms with E-state index in [0.717, 1.165) is 11.1 Å². The molecule has 1 fully saturated rings. The van der Waals surface area contributed by atoms with Gasteiger partial charge >= 0.3 is 0 Å². The largest absolute Gasteiger partial charge is 0.497 e. The number of rotatable bonds is 8. The van der Waals surface area contributed by atoms with E-state index in [2.05, 4.69) is 20.4 Å². The van der Waals surface area contributed by atoms with Crippen molar-refractivity contribution in [3.8, 4) is 5.75 Å². The molecule has 1 aliphatic rings. The van der Waals surface area contributed by atoms with Gasteiger partial charge in [0.2, 0.25) is 5.91 Å². The molecule has 1 amide bonds. The number of likely N-dealkylation sites (tertiary alicyclic amines) is 1. The topological polar surface area (TPSA) is 133 Å². The number of aromatic nitrogens is 4. The van der Waals surface area contributed by atoms with Crippen LogP contribution in [0.4, 0.5) is 0 Å². The molecule has 0 radical (unpaired) electrons.